The fourth-order valence-electron chi connectivity index (χ4n) is 2.19. The Morgan fingerprint density at radius 3 is 2.84 bits per heavy atom. The van der Waals surface area contributed by atoms with E-state index in [4.69, 9.17) is 0 Å². The maximum Gasteiger partial charge on any atom is 0.150 e. The standard InChI is InChI=1S/C13H15FN4S/c14-12-7-11(17-10-3-5-19-6-4-10)1-2-13(12)18-9-15-8-16-18/h1-2,7-10,17H,3-6H2. The normalized spacial score (nSPS) is 16.5. The highest BCUT2D eigenvalue weighted by Crippen LogP contribution is 2.23. The van der Waals surface area contributed by atoms with Crippen LogP contribution in [0.25, 0.3) is 5.69 Å². The van der Waals surface area contributed by atoms with Crippen LogP contribution in [-0.4, -0.2) is 32.3 Å². The van der Waals surface area contributed by atoms with E-state index < -0.39 is 0 Å². The van der Waals surface area contributed by atoms with Gasteiger partial charge in [-0.2, -0.15) is 16.9 Å². The number of rotatable bonds is 3. The average molecular weight is 278 g/mol. The first-order valence-electron chi connectivity index (χ1n) is 6.32. The molecule has 4 nitrogen and oxygen atoms in total. The zero-order valence-corrected chi connectivity index (χ0v) is 11.2. The van der Waals surface area contributed by atoms with E-state index in [1.165, 1.54) is 34.9 Å². The van der Waals surface area contributed by atoms with Gasteiger partial charge < -0.3 is 5.32 Å². The molecule has 100 valence electrons. The SMILES string of the molecule is Fc1cc(NC2CCSCC2)ccc1-n1cncn1. The van der Waals surface area contributed by atoms with Gasteiger partial charge in [-0.15, -0.1) is 0 Å². The molecule has 2 aromatic rings. The number of halogens is 1. The van der Waals surface area contributed by atoms with Crippen LogP contribution in [0.3, 0.4) is 0 Å². The highest BCUT2D eigenvalue weighted by Gasteiger charge is 2.14. The van der Waals surface area contributed by atoms with E-state index in [1.807, 2.05) is 17.8 Å². The molecule has 0 aliphatic carbocycles. The van der Waals surface area contributed by atoms with Gasteiger partial charge in [0.25, 0.3) is 0 Å². The molecule has 19 heavy (non-hydrogen) atoms. The van der Waals surface area contributed by atoms with Crippen molar-refractivity contribution < 1.29 is 4.39 Å². The monoisotopic (exact) mass is 278 g/mol. The summed E-state index contributed by atoms with van der Waals surface area (Å²) in [4.78, 5) is 3.82. The molecule has 0 radical (unpaired) electrons. The summed E-state index contributed by atoms with van der Waals surface area (Å²) in [6, 6.07) is 5.60. The molecule has 0 atom stereocenters. The minimum Gasteiger partial charge on any atom is -0.382 e. The molecule has 1 aliphatic rings. The van der Waals surface area contributed by atoms with Crippen LogP contribution in [0, 0.1) is 5.82 Å². The quantitative estimate of drug-likeness (QED) is 0.937. The third-order valence-electron chi connectivity index (χ3n) is 3.21. The number of nitrogens with one attached hydrogen (secondary N) is 1. The predicted octanol–water partition coefficient (Wildman–Crippen LogP) is 2.71. The van der Waals surface area contributed by atoms with E-state index in [2.05, 4.69) is 15.4 Å². The molecule has 1 aromatic carbocycles. The Bertz CT molecular complexity index is 538. The summed E-state index contributed by atoms with van der Waals surface area (Å²) >= 11 is 1.98. The molecule has 0 spiro atoms. The molecule has 6 heteroatoms. The molecule has 0 saturated carbocycles. The number of thioether (sulfide) groups is 1. The smallest absolute Gasteiger partial charge is 0.150 e. The summed E-state index contributed by atoms with van der Waals surface area (Å²) < 4.78 is 15.5. The number of aromatic nitrogens is 3. The van der Waals surface area contributed by atoms with E-state index >= 15 is 0 Å². The summed E-state index contributed by atoms with van der Waals surface area (Å²) in [5.41, 5.74) is 1.25. The maximum absolute atomic E-state index is 14.0. The van der Waals surface area contributed by atoms with Gasteiger partial charge in [-0.25, -0.2) is 14.1 Å². The second-order valence-electron chi connectivity index (χ2n) is 4.54. The molecule has 1 aromatic heterocycles. The fourth-order valence-corrected chi connectivity index (χ4v) is 3.30. The Hall–Kier alpha value is -1.56. The van der Waals surface area contributed by atoms with Crippen LogP contribution in [0.2, 0.25) is 0 Å². The van der Waals surface area contributed by atoms with Gasteiger partial charge in [-0.3, -0.25) is 0 Å². The second-order valence-corrected chi connectivity index (χ2v) is 5.76. The molecule has 1 fully saturated rings. The summed E-state index contributed by atoms with van der Waals surface area (Å²) in [6.07, 6.45) is 5.16. The molecule has 0 unspecified atom stereocenters. The van der Waals surface area contributed by atoms with Crippen molar-refractivity contribution in [2.75, 3.05) is 16.8 Å². The first-order chi connectivity index (χ1) is 9.33. The largest absolute Gasteiger partial charge is 0.382 e. The van der Waals surface area contributed by atoms with Crippen molar-refractivity contribution in [2.45, 2.75) is 18.9 Å². The van der Waals surface area contributed by atoms with E-state index in [0.717, 1.165) is 18.5 Å². The van der Waals surface area contributed by atoms with Gasteiger partial charge in [-0.05, 0) is 42.5 Å². The topological polar surface area (TPSA) is 42.7 Å². The molecule has 0 bridgehead atoms. The Kier molecular flexibility index (Phi) is 3.68. The van der Waals surface area contributed by atoms with Crippen LogP contribution >= 0.6 is 11.8 Å². The Morgan fingerprint density at radius 1 is 1.32 bits per heavy atom. The third-order valence-corrected chi connectivity index (χ3v) is 4.25. The van der Waals surface area contributed by atoms with Crippen LogP contribution in [0.1, 0.15) is 12.8 Å². The van der Waals surface area contributed by atoms with Crippen molar-refractivity contribution in [2.24, 2.45) is 0 Å². The van der Waals surface area contributed by atoms with Gasteiger partial charge in [0.15, 0.2) is 5.82 Å². The highest BCUT2D eigenvalue weighted by molar-refractivity contribution is 7.99. The van der Waals surface area contributed by atoms with Crippen molar-refractivity contribution >= 4 is 17.4 Å². The van der Waals surface area contributed by atoms with Crippen molar-refractivity contribution in [3.63, 3.8) is 0 Å². The van der Waals surface area contributed by atoms with Crippen LogP contribution < -0.4 is 5.32 Å². The molecule has 2 heterocycles. The summed E-state index contributed by atoms with van der Waals surface area (Å²) in [7, 11) is 0. The lowest BCUT2D eigenvalue weighted by molar-refractivity contribution is 0.609. The van der Waals surface area contributed by atoms with Crippen LogP contribution in [-0.2, 0) is 0 Å². The number of benzene rings is 1. The lowest BCUT2D eigenvalue weighted by Crippen LogP contribution is -2.24. The van der Waals surface area contributed by atoms with E-state index in [9.17, 15) is 4.39 Å². The molecule has 1 N–H and O–H groups in total. The van der Waals surface area contributed by atoms with Gasteiger partial charge in [0, 0.05) is 11.7 Å². The minimum absolute atomic E-state index is 0.291. The first kappa shape index (κ1) is 12.5. The number of nitrogens with zero attached hydrogens (tertiary/aromatic N) is 3. The van der Waals surface area contributed by atoms with Crippen LogP contribution in [0.5, 0.6) is 0 Å². The van der Waals surface area contributed by atoms with Crippen molar-refractivity contribution in [3.05, 3.63) is 36.7 Å². The van der Waals surface area contributed by atoms with Crippen molar-refractivity contribution in [1.29, 1.82) is 0 Å². The van der Waals surface area contributed by atoms with Gasteiger partial charge in [0.1, 0.15) is 18.3 Å². The summed E-state index contributed by atoms with van der Waals surface area (Å²) in [5.74, 6) is 2.06. The molecule has 0 amide bonds. The van der Waals surface area contributed by atoms with E-state index in [-0.39, 0.29) is 5.82 Å². The molecular weight excluding hydrogens is 263 g/mol. The van der Waals surface area contributed by atoms with Crippen molar-refractivity contribution in [3.8, 4) is 5.69 Å². The summed E-state index contributed by atoms with van der Waals surface area (Å²) in [5, 5.41) is 7.33. The molecule has 1 saturated heterocycles. The zero-order valence-electron chi connectivity index (χ0n) is 10.4. The van der Waals surface area contributed by atoms with E-state index in [0.29, 0.717) is 11.7 Å². The first-order valence-corrected chi connectivity index (χ1v) is 7.47. The van der Waals surface area contributed by atoms with Gasteiger partial charge in [-0.1, -0.05) is 0 Å². The van der Waals surface area contributed by atoms with Gasteiger partial charge in [0.05, 0.1) is 0 Å². The third kappa shape index (κ3) is 2.89. The van der Waals surface area contributed by atoms with Crippen molar-refractivity contribution in [1.82, 2.24) is 14.8 Å². The Morgan fingerprint density at radius 2 is 2.16 bits per heavy atom. The Labute approximate surface area is 115 Å². The lowest BCUT2D eigenvalue weighted by atomic mass is 10.1. The minimum atomic E-state index is -0.291. The second kappa shape index (κ2) is 5.61. The van der Waals surface area contributed by atoms with E-state index in [1.54, 1.807) is 6.07 Å². The highest BCUT2D eigenvalue weighted by atomic mass is 32.2. The van der Waals surface area contributed by atoms with Gasteiger partial charge >= 0.3 is 0 Å². The zero-order chi connectivity index (χ0) is 13.1. The number of hydrogen-bond donors (Lipinski definition) is 1. The average Bonchev–Trinajstić information content (AvgIpc) is 2.94. The fraction of sp³-hybridized carbons (Fsp3) is 0.385. The molecule has 3 rings (SSSR count). The maximum atomic E-state index is 14.0. The van der Waals surface area contributed by atoms with Crippen LogP contribution in [0.15, 0.2) is 30.9 Å². The van der Waals surface area contributed by atoms with Gasteiger partial charge in [0.2, 0.25) is 0 Å². The summed E-state index contributed by atoms with van der Waals surface area (Å²) in [6.45, 7) is 0. The molecular formula is C13H15FN4S. The lowest BCUT2D eigenvalue weighted by Gasteiger charge is -2.23. The number of hydrogen-bond acceptors (Lipinski definition) is 4. The van der Waals surface area contributed by atoms with Crippen LogP contribution in [0.4, 0.5) is 10.1 Å². The number of anilines is 1. The molecule has 1 aliphatic heterocycles. The Balaban J connectivity index is 1.75. The predicted molar refractivity (Wildman–Crippen MR) is 75.3 cm³/mol.